The summed E-state index contributed by atoms with van der Waals surface area (Å²) in [6.07, 6.45) is 10.2. The van der Waals surface area contributed by atoms with Gasteiger partial charge in [-0.3, -0.25) is 24.5 Å². The number of ether oxygens (including phenoxy) is 1. The van der Waals surface area contributed by atoms with E-state index in [1.807, 2.05) is 71.5 Å². The molecule has 8 heterocycles. The number of urea groups is 1. The minimum atomic E-state index is -0.625. The van der Waals surface area contributed by atoms with Crippen molar-refractivity contribution in [3.8, 4) is 22.9 Å². The maximum atomic E-state index is 14.1. The number of nitrogens with one attached hydrogen (secondary N) is 2. The van der Waals surface area contributed by atoms with Crippen LogP contribution >= 0.6 is 0 Å². The molecule has 5 aliphatic rings. The lowest BCUT2D eigenvalue weighted by Gasteiger charge is -2.44. The van der Waals surface area contributed by atoms with Gasteiger partial charge in [-0.1, -0.05) is 42.5 Å². The smallest absolute Gasteiger partial charge is 0.317 e. The van der Waals surface area contributed by atoms with E-state index in [1.165, 1.54) is 0 Å². The second kappa shape index (κ2) is 20.0. The van der Waals surface area contributed by atoms with E-state index in [-0.39, 0.29) is 30.2 Å². The van der Waals surface area contributed by atoms with E-state index >= 15 is 0 Å². The number of carbonyl (C=O) groups excluding carboxylic acids is 5. The number of amides is 6. The lowest BCUT2D eigenvalue weighted by molar-refractivity contribution is -0.137. The van der Waals surface area contributed by atoms with Gasteiger partial charge in [-0.05, 0) is 105 Å². The number of piperidine rings is 3. The van der Waals surface area contributed by atoms with E-state index in [2.05, 4.69) is 49.8 Å². The van der Waals surface area contributed by atoms with Gasteiger partial charge in [-0.25, -0.2) is 14.3 Å². The third kappa shape index (κ3) is 9.65. The lowest BCUT2D eigenvalue weighted by atomic mass is 9.81. The molecule has 5 aromatic rings. The average Bonchev–Trinajstić information content (AvgIpc) is 3.96. The molecule has 0 spiro atoms. The van der Waals surface area contributed by atoms with Gasteiger partial charge in [-0.15, -0.1) is 0 Å². The molecule has 1 unspecified atom stereocenters. The van der Waals surface area contributed by atoms with Crippen LogP contribution < -0.4 is 20.3 Å². The molecule has 0 radical (unpaired) electrons. The Labute approximate surface area is 407 Å². The summed E-state index contributed by atoms with van der Waals surface area (Å²) in [6.45, 7) is 8.52. The number of nitrogens with zero attached hydrogens (tertiary/aromatic N) is 9. The highest BCUT2D eigenvalue weighted by atomic mass is 16.5. The molecule has 10 rings (SSSR count). The van der Waals surface area contributed by atoms with Crippen molar-refractivity contribution in [3.63, 3.8) is 0 Å². The quantitative estimate of drug-likeness (QED) is 0.158. The fraction of sp³-hybridized carbons (Fsp3) is 0.434. The fourth-order valence-corrected chi connectivity index (χ4v) is 11.1. The number of aromatic nitrogens is 3. The lowest BCUT2D eigenvalue weighted by Crippen LogP contribution is -2.61. The molecule has 17 nitrogen and oxygen atoms in total. The predicted octanol–water partition coefficient (Wildman–Crippen LogP) is 5.13. The number of hydrogen-bond acceptors (Lipinski definition) is 11. The van der Waals surface area contributed by atoms with Gasteiger partial charge >= 0.3 is 6.03 Å². The number of piperazine rings is 1. The summed E-state index contributed by atoms with van der Waals surface area (Å²) in [4.78, 5) is 80.0. The topological polar surface area (TPSA) is 189 Å². The Morgan fingerprint density at radius 2 is 1.66 bits per heavy atom. The van der Waals surface area contributed by atoms with Gasteiger partial charge in [0.2, 0.25) is 17.7 Å². The number of imide groups is 1. The van der Waals surface area contributed by atoms with Gasteiger partial charge in [0.05, 0.1) is 30.1 Å². The molecular formula is C53H59N11O6. The van der Waals surface area contributed by atoms with Crippen molar-refractivity contribution in [1.29, 1.82) is 5.26 Å². The van der Waals surface area contributed by atoms with E-state index in [0.29, 0.717) is 107 Å². The standard InChI is InChI=1S/C53H59N11O6/c1-2-70-42-29-43(49-41(31-54)33-56-64(49)35-42)39-10-12-46(55-32-39)60-22-17-53(18-23-60,30-36-6-4-3-5-7-36)58-52(69)62-26-24-61(25-27-62)48(66)16-21-59-19-14-37(15-20-59)38-8-9-40-34-63(51(68)44(40)28-38)45-11-13-47(65)57-50(45)67/h3-10,12,28-29,32-33,35,37,45H,2,11,13-27,30,34H2,1H3,(H,58,69)(H,57,65,67). The van der Waals surface area contributed by atoms with Crippen LogP contribution in [0.3, 0.4) is 0 Å². The number of likely N-dealkylation sites (tertiary alicyclic amines) is 1. The molecule has 70 heavy (non-hydrogen) atoms. The number of carbonyl (C=O) groups is 5. The van der Waals surface area contributed by atoms with E-state index in [0.717, 1.165) is 72.4 Å². The zero-order valence-electron chi connectivity index (χ0n) is 39.6. The molecule has 0 bridgehead atoms. The van der Waals surface area contributed by atoms with Gasteiger partial charge in [-0.2, -0.15) is 10.4 Å². The van der Waals surface area contributed by atoms with E-state index in [9.17, 15) is 29.2 Å². The molecule has 4 fully saturated rings. The molecule has 17 heteroatoms. The molecule has 5 aliphatic heterocycles. The summed E-state index contributed by atoms with van der Waals surface area (Å²) in [5.74, 6) is 1.06. The van der Waals surface area contributed by atoms with Crippen LogP contribution in [0.5, 0.6) is 5.75 Å². The molecule has 362 valence electrons. The Kier molecular flexibility index (Phi) is 13.2. The van der Waals surface area contributed by atoms with E-state index in [4.69, 9.17) is 9.72 Å². The average molecular weight is 946 g/mol. The molecule has 3 aromatic heterocycles. The van der Waals surface area contributed by atoms with Gasteiger partial charge in [0.25, 0.3) is 5.91 Å². The van der Waals surface area contributed by atoms with Crippen LogP contribution in [0.15, 0.2) is 85.3 Å². The number of fused-ring (bicyclic) bond motifs is 2. The highest BCUT2D eigenvalue weighted by Gasteiger charge is 2.41. The first kappa shape index (κ1) is 46.4. The van der Waals surface area contributed by atoms with Gasteiger partial charge < -0.3 is 34.6 Å². The first-order valence-corrected chi connectivity index (χ1v) is 24.7. The van der Waals surface area contributed by atoms with Crippen LogP contribution in [0, 0.1) is 11.3 Å². The zero-order chi connectivity index (χ0) is 48.4. The fourth-order valence-electron chi connectivity index (χ4n) is 11.1. The number of benzene rings is 2. The highest BCUT2D eigenvalue weighted by molar-refractivity contribution is 6.05. The first-order valence-electron chi connectivity index (χ1n) is 24.7. The van der Waals surface area contributed by atoms with Crippen molar-refractivity contribution in [2.75, 3.05) is 70.4 Å². The Bertz CT molecular complexity index is 2820. The van der Waals surface area contributed by atoms with Crippen LogP contribution in [0.2, 0.25) is 0 Å². The molecule has 4 saturated heterocycles. The summed E-state index contributed by atoms with van der Waals surface area (Å²) in [5, 5.41) is 20.0. The Hall–Kier alpha value is -7.32. The van der Waals surface area contributed by atoms with Crippen LogP contribution in [0.1, 0.15) is 90.4 Å². The number of rotatable bonds is 12. The summed E-state index contributed by atoms with van der Waals surface area (Å²) in [5.41, 5.74) is 6.23. The Balaban J connectivity index is 0.700. The zero-order valence-corrected chi connectivity index (χ0v) is 39.6. The van der Waals surface area contributed by atoms with Crippen molar-refractivity contribution in [1.82, 2.24) is 44.8 Å². The third-order valence-electron chi connectivity index (χ3n) is 15.1. The molecule has 0 saturated carbocycles. The summed E-state index contributed by atoms with van der Waals surface area (Å²) in [6, 6.07) is 23.9. The van der Waals surface area contributed by atoms with Crippen molar-refractivity contribution >= 4 is 41.0 Å². The molecule has 0 aliphatic carbocycles. The van der Waals surface area contributed by atoms with Crippen LogP contribution in [-0.4, -0.2) is 141 Å². The minimum absolute atomic E-state index is 0.0987. The predicted molar refractivity (Wildman–Crippen MR) is 261 cm³/mol. The number of hydrogen-bond donors (Lipinski definition) is 2. The number of anilines is 1. The molecule has 2 aromatic carbocycles. The Morgan fingerprint density at radius 1 is 0.886 bits per heavy atom. The normalized spacial score (nSPS) is 19.8. The van der Waals surface area contributed by atoms with Crippen LogP contribution in [-0.2, 0) is 27.3 Å². The molecule has 6 amide bonds. The van der Waals surface area contributed by atoms with Crippen LogP contribution in [0.25, 0.3) is 16.6 Å². The molecule has 1 atom stereocenters. The first-order chi connectivity index (χ1) is 34.1. The second-order valence-corrected chi connectivity index (χ2v) is 19.3. The SMILES string of the molecule is CCOc1cc(-c2ccc(N3CCC(Cc4ccccc4)(NC(=O)N4CCN(C(=O)CCN5CCC(c6ccc7c(c6)C(=O)N(C6CCC(=O)NC6=O)C7)CC5)CC4)CC3)nc2)c2c(C#N)cnn2c1. The van der Waals surface area contributed by atoms with Crippen molar-refractivity contribution in [2.45, 2.75) is 82.3 Å². The number of nitriles is 1. The third-order valence-corrected chi connectivity index (χ3v) is 15.1. The molecular weight excluding hydrogens is 887 g/mol. The second-order valence-electron chi connectivity index (χ2n) is 19.3. The number of pyridine rings is 2. The maximum absolute atomic E-state index is 14.1. The van der Waals surface area contributed by atoms with Crippen molar-refractivity contribution < 1.29 is 28.7 Å². The Morgan fingerprint density at radius 3 is 2.37 bits per heavy atom. The molecule has 2 N–H and O–H groups in total. The van der Waals surface area contributed by atoms with Gasteiger partial charge in [0.15, 0.2) is 0 Å². The summed E-state index contributed by atoms with van der Waals surface area (Å²) in [7, 11) is 0. The van der Waals surface area contributed by atoms with Gasteiger partial charge in [0, 0.05) is 93.6 Å². The van der Waals surface area contributed by atoms with Crippen molar-refractivity contribution in [3.05, 3.63) is 113 Å². The van der Waals surface area contributed by atoms with Gasteiger partial charge in [0.1, 0.15) is 23.7 Å². The van der Waals surface area contributed by atoms with Crippen molar-refractivity contribution in [2.24, 2.45) is 0 Å². The maximum Gasteiger partial charge on any atom is 0.317 e. The largest absolute Gasteiger partial charge is 0.492 e. The highest BCUT2D eigenvalue weighted by Crippen LogP contribution is 2.36. The van der Waals surface area contributed by atoms with E-state index < -0.39 is 17.5 Å². The van der Waals surface area contributed by atoms with Crippen LogP contribution in [0.4, 0.5) is 10.6 Å². The minimum Gasteiger partial charge on any atom is -0.492 e. The summed E-state index contributed by atoms with van der Waals surface area (Å²) < 4.78 is 7.48. The monoisotopic (exact) mass is 945 g/mol. The summed E-state index contributed by atoms with van der Waals surface area (Å²) >= 11 is 0. The van der Waals surface area contributed by atoms with E-state index in [1.54, 1.807) is 21.8 Å².